The zero-order chi connectivity index (χ0) is 10.5. The lowest BCUT2D eigenvalue weighted by atomic mass is 10.1. The van der Waals surface area contributed by atoms with Gasteiger partial charge >= 0.3 is 0 Å². The molecule has 1 atom stereocenters. The highest BCUT2D eigenvalue weighted by Gasteiger charge is 2.10. The van der Waals surface area contributed by atoms with Crippen molar-refractivity contribution in [3.8, 4) is 0 Å². The van der Waals surface area contributed by atoms with Gasteiger partial charge in [0, 0.05) is 17.5 Å². The quantitative estimate of drug-likeness (QED) is 0.825. The van der Waals surface area contributed by atoms with E-state index in [9.17, 15) is 0 Å². The zero-order valence-corrected chi connectivity index (χ0v) is 9.63. The lowest BCUT2D eigenvalue weighted by molar-refractivity contribution is 0.890. The van der Waals surface area contributed by atoms with Crippen LogP contribution in [0.4, 0.5) is 5.13 Å². The van der Waals surface area contributed by atoms with E-state index in [0.29, 0.717) is 5.88 Å². The fraction of sp³-hybridized carbons (Fsp3) is 0.182. The third-order valence-corrected chi connectivity index (χ3v) is 3.10. The lowest BCUT2D eigenvalue weighted by Crippen LogP contribution is -2.11. The first-order valence-electron chi connectivity index (χ1n) is 4.67. The summed E-state index contributed by atoms with van der Waals surface area (Å²) in [7, 11) is 0. The summed E-state index contributed by atoms with van der Waals surface area (Å²) in [5.41, 5.74) is 1.18. The van der Waals surface area contributed by atoms with E-state index in [2.05, 4.69) is 22.4 Å². The second-order valence-corrected chi connectivity index (χ2v) is 4.30. The predicted molar refractivity (Wildman–Crippen MR) is 65.6 cm³/mol. The Kier molecular flexibility index (Phi) is 3.59. The van der Waals surface area contributed by atoms with Gasteiger partial charge in [-0.15, -0.1) is 22.9 Å². The van der Waals surface area contributed by atoms with Crippen LogP contribution < -0.4 is 5.32 Å². The molecule has 1 heterocycles. The number of hydrogen-bond acceptors (Lipinski definition) is 3. The molecule has 0 spiro atoms. The van der Waals surface area contributed by atoms with Gasteiger partial charge in [-0.3, -0.25) is 0 Å². The van der Waals surface area contributed by atoms with Crippen LogP contribution in [-0.4, -0.2) is 10.9 Å². The van der Waals surface area contributed by atoms with E-state index < -0.39 is 0 Å². The van der Waals surface area contributed by atoms with E-state index in [1.807, 2.05) is 23.6 Å². The molecule has 2 aromatic rings. The van der Waals surface area contributed by atoms with Gasteiger partial charge in [0.1, 0.15) is 0 Å². The molecule has 0 bridgehead atoms. The van der Waals surface area contributed by atoms with Crippen molar-refractivity contribution in [2.24, 2.45) is 0 Å². The van der Waals surface area contributed by atoms with Gasteiger partial charge in [-0.2, -0.15) is 0 Å². The lowest BCUT2D eigenvalue weighted by Gasteiger charge is -2.15. The van der Waals surface area contributed by atoms with E-state index in [1.54, 1.807) is 17.5 Å². The Morgan fingerprint density at radius 1 is 1.33 bits per heavy atom. The van der Waals surface area contributed by atoms with Gasteiger partial charge in [-0.05, 0) is 5.56 Å². The summed E-state index contributed by atoms with van der Waals surface area (Å²) >= 11 is 7.51. The summed E-state index contributed by atoms with van der Waals surface area (Å²) in [6.45, 7) is 0. The van der Waals surface area contributed by atoms with E-state index in [-0.39, 0.29) is 6.04 Å². The van der Waals surface area contributed by atoms with Crippen molar-refractivity contribution in [1.29, 1.82) is 0 Å². The number of rotatable bonds is 4. The van der Waals surface area contributed by atoms with Gasteiger partial charge in [-0.25, -0.2) is 4.98 Å². The van der Waals surface area contributed by atoms with Gasteiger partial charge < -0.3 is 5.32 Å². The molecule has 0 fully saturated rings. The first kappa shape index (κ1) is 10.5. The standard InChI is InChI=1S/C11H11ClN2S/c12-8-10(9-4-2-1-3-5-9)14-11-13-6-7-15-11/h1-7,10H,8H2,(H,13,14). The fourth-order valence-electron chi connectivity index (χ4n) is 1.34. The summed E-state index contributed by atoms with van der Waals surface area (Å²) in [6.07, 6.45) is 1.78. The predicted octanol–water partition coefficient (Wildman–Crippen LogP) is 3.54. The van der Waals surface area contributed by atoms with Gasteiger partial charge in [0.05, 0.1) is 6.04 Å². The van der Waals surface area contributed by atoms with Crippen LogP contribution in [0.25, 0.3) is 0 Å². The second kappa shape index (κ2) is 5.14. The van der Waals surface area contributed by atoms with Crippen LogP contribution in [0.15, 0.2) is 41.9 Å². The molecule has 0 amide bonds. The fourth-order valence-corrected chi connectivity index (χ4v) is 2.18. The van der Waals surface area contributed by atoms with E-state index in [1.165, 1.54) is 5.56 Å². The second-order valence-electron chi connectivity index (χ2n) is 3.10. The Bertz CT molecular complexity index is 388. The molecule has 15 heavy (non-hydrogen) atoms. The first-order chi connectivity index (χ1) is 7.40. The normalized spacial score (nSPS) is 12.3. The van der Waals surface area contributed by atoms with Crippen molar-refractivity contribution in [3.63, 3.8) is 0 Å². The molecule has 1 aromatic carbocycles. The number of aromatic nitrogens is 1. The molecule has 2 rings (SSSR count). The molecule has 0 saturated heterocycles. The Labute approximate surface area is 97.9 Å². The van der Waals surface area contributed by atoms with Crippen molar-refractivity contribution in [2.45, 2.75) is 6.04 Å². The molecule has 1 aromatic heterocycles. The third-order valence-electron chi connectivity index (χ3n) is 2.09. The summed E-state index contributed by atoms with van der Waals surface area (Å²) in [5.74, 6) is 0.531. The molecular formula is C11H11ClN2S. The number of thiazole rings is 1. The Morgan fingerprint density at radius 3 is 2.73 bits per heavy atom. The molecule has 2 nitrogen and oxygen atoms in total. The summed E-state index contributed by atoms with van der Waals surface area (Å²) in [5, 5.41) is 6.15. The van der Waals surface area contributed by atoms with Crippen molar-refractivity contribution in [3.05, 3.63) is 47.5 Å². The topological polar surface area (TPSA) is 24.9 Å². The molecule has 1 unspecified atom stereocenters. The molecule has 0 saturated carbocycles. The molecular weight excluding hydrogens is 228 g/mol. The van der Waals surface area contributed by atoms with Crippen molar-refractivity contribution in [2.75, 3.05) is 11.2 Å². The van der Waals surface area contributed by atoms with Crippen LogP contribution in [-0.2, 0) is 0 Å². The van der Waals surface area contributed by atoms with Gasteiger partial charge in [0.25, 0.3) is 0 Å². The average Bonchev–Trinajstić information content (AvgIpc) is 2.80. The van der Waals surface area contributed by atoms with Crippen molar-refractivity contribution < 1.29 is 0 Å². The molecule has 78 valence electrons. The molecule has 0 aliphatic heterocycles. The third kappa shape index (κ3) is 2.70. The highest BCUT2D eigenvalue weighted by molar-refractivity contribution is 7.13. The maximum atomic E-state index is 5.93. The maximum absolute atomic E-state index is 5.93. The zero-order valence-electron chi connectivity index (χ0n) is 8.06. The minimum Gasteiger partial charge on any atom is -0.354 e. The van der Waals surface area contributed by atoms with Crippen molar-refractivity contribution in [1.82, 2.24) is 4.98 Å². The van der Waals surface area contributed by atoms with Crippen LogP contribution in [0.3, 0.4) is 0 Å². The SMILES string of the molecule is ClCC(Nc1nccs1)c1ccccc1. The van der Waals surface area contributed by atoms with Crippen molar-refractivity contribution >= 4 is 28.1 Å². The minimum absolute atomic E-state index is 0.124. The van der Waals surface area contributed by atoms with Crippen LogP contribution >= 0.6 is 22.9 Å². The first-order valence-corrected chi connectivity index (χ1v) is 6.08. The maximum Gasteiger partial charge on any atom is 0.183 e. The Balaban J connectivity index is 2.12. The number of nitrogens with one attached hydrogen (secondary N) is 1. The number of halogens is 1. The van der Waals surface area contributed by atoms with E-state index in [0.717, 1.165) is 5.13 Å². The van der Waals surface area contributed by atoms with E-state index in [4.69, 9.17) is 11.6 Å². The van der Waals surface area contributed by atoms with Gasteiger partial charge in [0.15, 0.2) is 5.13 Å². The van der Waals surface area contributed by atoms with Crippen LogP contribution in [0.5, 0.6) is 0 Å². The minimum atomic E-state index is 0.124. The molecule has 4 heteroatoms. The Morgan fingerprint density at radius 2 is 2.13 bits per heavy atom. The van der Waals surface area contributed by atoms with Gasteiger partial charge in [-0.1, -0.05) is 30.3 Å². The van der Waals surface area contributed by atoms with Gasteiger partial charge in [0.2, 0.25) is 0 Å². The highest BCUT2D eigenvalue weighted by atomic mass is 35.5. The number of hydrogen-bond donors (Lipinski definition) is 1. The smallest absolute Gasteiger partial charge is 0.183 e. The largest absolute Gasteiger partial charge is 0.354 e. The molecule has 0 aliphatic rings. The van der Waals surface area contributed by atoms with Crippen LogP contribution in [0.1, 0.15) is 11.6 Å². The van der Waals surface area contributed by atoms with E-state index >= 15 is 0 Å². The van der Waals surface area contributed by atoms with Crippen LogP contribution in [0.2, 0.25) is 0 Å². The monoisotopic (exact) mass is 238 g/mol. The molecule has 0 aliphatic carbocycles. The number of nitrogens with zero attached hydrogens (tertiary/aromatic N) is 1. The molecule has 1 N–H and O–H groups in total. The van der Waals surface area contributed by atoms with Crippen LogP contribution in [0, 0.1) is 0 Å². The summed E-state index contributed by atoms with van der Waals surface area (Å²) in [6, 6.07) is 10.3. The number of alkyl halides is 1. The summed E-state index contributed by atoms with van der Waals surface area (Å²) < 4.78 is 0. The Hall–Kier alpha value is -1.06. The molecule has 0 radical (unpaired) electrons. The number of benzene rings is 1. The summed E-state index contributed by atoms with van der Waals surface area (Å²) in [4.78, 5) is 4.18. The highest BCUT2D eigenvalue weighted by Crippen LogP contribution is 2.21. The number of anilines is 1. The average molecular weight is 239 g/mol.